The van der Waals surface area contributed by atoms with Crippen molar-refractivity contribution in [3.05, 3.63) is 31.2 Å². The molecular formula is C14H18N4. The number of nitrogens with zero attached hydrogens (tertiary/aromatic N) is 3. The van der Waals surface area contributed by atoms with Gasteiger partial charge in [-0.2, -0.15) is 0 Å². The number of allylic oxidation sites excluding steroid dienone is 1. The highest BCUT2D eigenvalue weighted by Gasteiger charge is 2.26. The molecule has 4 heteroatoms. The van der Waals surface area contributed by atoms with E-state index < -0.39 is 0 Å². The van der Waals surface area contributed by atoms with E-state index in [4.69, 9.17) is 5.73 Å². The van der Waals surface area contributed by atoms with E-state index in [-0.39, 0.29) is 0 Å². The Labute approximate surface area is 107 Å². The molecule has 1 aliphatic carbocycles. The predicted octanol–water partition coefficient (Wildman–Crippen LogP) is 2.93. The minimum absolute atomic E-state index is 0.543. The van der Waals surface area contributed by atoms with Gasteiger partial charge < -0.3 is 10.3 Å². The summed E-state index contributed by atoms with van der Waals surface area (Å²) in [6.07, 6.45) is 10.5. The molecule has 4 nitrogen and oxygen atoms in total. The number of fused-ring (bicyclic) bond motifs is 1. The summed E-state index contributed by atoms with van der Waals surface area (Å²) in [6.45, 7) is 3.83. The van der Waals surface area contributed by atoms with E-state index in [1.807, 2.05) is 12.1 Å². The van der Waals surface area contributed by atoms with Crippen molar-refractivity contribution in [2.75, 3.05) is 5.73 Å². The highest BCUT2D eigenvalue weighted by Crippen LogP contribution is 2.38. The molecule has 2 heterocycles. The van der Waals surface area contributed by atoms with Crippen LogP contribution in [0.3, 0.4) is 0 Å². The zero-order valence-electron chi connectivity index (χ0n) is 10.4. The van der Waals surface area contributed by atoms with Crippen molar-refractivity contribution in [3.8, 4) is 0 Å². The fourth-order valence-electron chi connectivity index (χ4n) is 3.04. The number of rotatable bonds is 3. The monoisotopic (exact) mass is 242 g/mol. The molecule has 0 aliphatic heterocycles. The van der Waals surface area contributed by atoms with Crippen molar-refractivity contribution in [2.45, 2.75) is 31.7 Å². The summed E-state index contributed by atoms with van der Waals surface area (Å²) < 4.78 is 2.26. The third-order valence-corrected chi connectivity index (χ3v) is 3.95. The number of hydrogen-bond acceptors (Lipinski definition) is 3. The van der Waals surface area contributed by atoms with E-state index in [1.54, 1.807) is 6.33 Å². The maximum Gasteiger partial charge on any atom is 0.145 e. The van der Waals surface area contributed by atoms with Gasteiger partial charge in [-0.3, -0.25) is 0 Å². The quantitative estimate of drug-likeness (QED) is 0.842. The van der Waals surface area contributed by atoms with Crippen LogP contribution >= 0.6 is 0 Å². The van der Waals surface area contributed by atoms with Crippen LogP contribution in [0.4, 0.5) is 5.82 Å². The lowest BCUT2D eigenvalue weighted by Gasteiger charge is -2.13. The molecule has 0 amide bonds. The molecule has 0 aromatic carbocycles. The molecule has 3 rings (SSSR count). The Hall–Kier alpha value is -1.84. The van der Waals surface area contributed by atoms with E-state index in [1.165, 1.54) is 19.3 Å². The van der Waals surface area contributed by atoms with Crippen LogP contribution in [0.15, 0.2) is 31.2 Å². The molecule has 18 heavy (non-hydrogen) atoms. The van der Waals surface area contributed by atoms with Crippen LogP contribution in [0.25, 0.3) is 11.0 Å². The first-order chi connectivity index (χ1) is 8.79. The first kappa shape index (κ1) is 11.3. The molecule has 94 valence electrons. The smallest absolute Gasteiger partial charge is 0.145 e. The summed E-state index contributed by atoms with van der Waals surface area (Å²) in [7, 11) is 0. The lowest BCUT2D eigenvalue weighted by Crippen LogP contribution is -2.05. The van der Waals surface area contributed by atoms with Crippen LogP contribution in [0.1, 0.15) is 31.7 Å². The summed E-state index contributed by atoms with van der Waals surface area (Å²) in [6, 6.07) is 2.56. The first-order valence-electron chi connectivity index (χ1n) is 6.47. The Morgan fingerprint density at radius 2 is 2.33 bits per heavy atom. The number of hydrogen-bond donors (Lipinski definition) is 1. The number of aromatic nitrogens is 3. The average Bonchev–Trinajstić information content (AvgIpc) is 2.96. The van der Waals surface area contributed by atoms with Crippen molar-refractivity contribution in [3.63, 3.8) is 0 Å². The van der Waals surface area contributed by atoms with Crippen molar-refractivity contribution in [1.29, 1.82) is 0 Å². The van der Waals surface area contributed by atoms with Gasteiger partial charge in [-0.1, -0.05) is 6.08 Å². The second-order valence-corrected chi connectivity index (χ2v) is 5.08. The molecule has 1 fully saturated rings. The lowest BCUT2D eigenvalue weighted by molar-refractivity contribution is 0.487. The largest absolute Gasteiger partial charge is 0.383 e. The van der Waals surface area contributed by atoms with Gasteiger partial charge >= 0.3 is 0 Å². The molecule has 0 radical (unpaired) electrons. The van der Waals surface area contributed by atoms with Crippen molar-refractivity contribution in [1.82, 2.24) is 14.5 Å². The number of nitrogens with two attached hydrogens (primary N) is 1. The Bertz CT molecular complexity index is 572. The minimum Gasteiger partial charge on any atom is -0.383 e. The SMILES string of the molecule is C=CCC1CCC(n2ccc3c(N)ncnc32)C1. The Kier molecular flexibility index (Phi) is 2.78. The Morgan fingerprint density at radius 1 is 1.44 bits per heavy atom. The van der Waals surface area contributed by atoms with Crippen LogP contribution in [-0.2, 0) is 0 Å². The Morgan fingerprint density at radius 3 is 3.17 bits per heavy atom. The fraction of sp³-hybridized carbons (Fsp3) is 0.429. The van der Waals surface area contributed by atoms with E-state index in [2.05, 4.69) is 27.3 Å². The third kappa shape index (κ3) is 1.78. The standard InChI is InChI=1S/C14H18N4/c1-2-3-10-4-5-11(8-10)18-7-6-12-13(15)16-9-17-14(12)18/h2,6-7,9-11H,1,3-5,8H2,(H2,15,16,17). The van der Waals surface area contributed by atoms with Crippen LogP contribution in [-0.4, -0.2) is 14.5 Å². The zero-order valence-corrected chi connectivity index (χ0v) is 10.4. The summed E-state index contributed by atoms with van der Waals surface area (Å²) in [5, 5.41) is 0.963. The summed E-state index contributed by atoms with van der Waals surface area (Å²) in [4.78, 5) is 8.40. The van der Waals surface area contributed by atoms with Gasteiger partial charge in [-0.15, -0.1) is 6.58 Å². The average molecular weight is 242 g/mol. The van der Waals surface area contributed by atoms with Crippen LogP contribution in [0.2, 0.25) is 0 Å². The summed E-state index contributed by atoms with van der Waals surface area (Å²) >= 11 is 0. The van der Waals surface area contributed by atoms with E-state index in [0.29, 0.717) is 11.9 Å². The van der Waals surface area contributed by atoms with Gasteiger partial charge in [0.25, 0.3) is 0 Å². The van der Waals surface area contributed by atoms with Crippen molar-refractivity contribution >= 4 is 16.9 Å². The van der Waals surface area contributed by atoms with E-state index in [0.717, 1.165) is 23.4 Å². The van der Waals surface area contributed by atoms with Gasteiger partial charge in [-0.05, 0) is 37.7 Å². The number of anilines is 1. The van der Waals surface area contributed by atoms with E-state index in [9.17, 15) is 0 Å². The molecule has 0 saturated heterocycles. The molecule has 2 unspecified atom stereocenters. The van der Waals surface area contributed by atoms with Crippen molar-refractivity contribution < 1.29 is 0 Å². The molecule has 0 spiro atoms. The molecule has 1 saturated carbocycles. The van der Waals surface area contributed by atoms with Crippen LogP contribution in [0.5, 0.6) is 0 Å². The zero-order chi connectivity index (χ0) is 12.5. The van der Waals surface area contributed by atoms with Gasteiger partial charge in [0.1, 0.15) is 17.8 Å². The minimum atomic E-state index is 0.543. The topological polar surface area (TPSA) is 56.7 Å². The first-order valence-corrected chi connectivity index (χ1v) is 6.47. The van der Waals surface area contributed by atoms with Gasteiger partial charge in [0.2, 0.25) is 0 Å². The predicted molar refractivity (Wildman–Crippen MR) is 73.1 cm³/mol. The molecule has 2 aromatic rings. The van der Waals surface area contributed by atoms with Gasteiger partial charge in [-0.25, -0.2) is 9.97 Å². The second-order valence-electron chi connectivity index (χ2n) is 5.08. The van der Waals surface area contributed by atoms with Gasteiger partial charge in [0.05, 0.1) is 5.39 Å². The normalized spacial score (nSPS) is 23.6. The lowest BCUT2D eigenvalue weighted by atomic mass is 10.0. The molecule has 0 bridgehead atoms. The van der Waals surface area contributed by atoms with Gasteiger partial charge in [0.15, 0.2) is 0 Å². The maximum atomic E-state index is 5.87. The van der Waals surface area contributed by atoms with Crippen LogP contribution < -0.4 is 5.73 Å². The Balaban J connectivity index is 1.91. The molecule has 2 aromatic heterocycles. The highest BCUT2D eigenvalue weighted by molar-refractivity contribution is 5.86. The second kappa shape index (κ2) is 4.44. The maximum absolute atomic E-state index is 5.87. The molecule has 2 atom stereocenters. The molecular weight excluding hydrogens is 224 g/mol. The third-order valence-electron chi connectivity index (χ3n) is 3.95. The number of nitrogen functional groups attached to an aromatic ring is 1. The highest BCUT2D eigenvalue weighted by atomic mass is 15.1. The summed E-state index contributed by atoms with van der Waals surface area (Å²) in [5.41, 5.74) is 6.83. The van der Waals surface area contributed by atoms with E-state index >= 15 is 0 Å². The summed E-state index contributed by atoms with van der Waals surface area (Å²) in [5.74, 6) is 1.34. The van der Waals surface area contributed by atoms with Crippen LogP contribution in [0, 0.1) is 5.92 Å². The van der Waals surface area contributed by atoms with Gasteiger partial charge in [0, 0.05) is 12.2 Å². The molecule has 1 aliphatic rings. The molecule has 2 N–H and O–H groups in total. The van der Waals surface area contributed by atoms with Crippen molar-refractivity contribution in [2.24, 2.45) is 5.92 Å². The fourth-order valence-corrected chi connectivity index (χ4v) is 3.04.